The van der Waals surface area contributed by atoms with Crippen LogP contribution in [0.25, 0.3) is 4.85 Å². The van der Waals surface area contributed by atoms with E-state index in [4.69, 9.17) is 11.3 Å². The molecular weight excluding hydrogens is 427 g/mol. The summed E-state index contributed by atoms with van der Waals surface area (Å²) in [6.07, 6.45) is 6.47. The van der Waals surface area contributed by atoms with E-state index in [9.17, 15) is 4.39 Å². The summed E-state index contributed by atoms with van der Waals surface area (Å²) < 4.78 is 38.4. The normalized spacial score (nSPS) is 11.4. The molecule has 0 radical (unpaired) electrons. The molecule has 2 nitrogen and oxygen atoms in total. The summed E-state index contributed by atoms with van der Waals surface area (Å²) in [4.78, 5) is 3.30. The average molecular weight is 458 g/mol. The van der Waals surface area contributed by atoms with E-state index >= 15 is 4.39 Å². The number of rotatable bonds is 11. The molecule has 0 unspecified atom stereocenters. The molecule has 0 bridgehead atoms. The van der Waals surface area contributed by atoms with Crippen LogP contribution in [0.3, 0.4) is 0 Å². The molecule has 0 aliphatic heterocycles. The van der Waals surface area contributed by atoms with Crippen LogP contribution in [0.5, 0.6) is 5.75 Å². The number of nitrogens with zero attached hydrogens (tertiary/aromatic N) is 1. The number of ether oxygens (including phenoxy) is 1. The molecule has 1 aromatic rings. The molecule has 0 aliphatic carbocycles. The van der Waals surface area contributed by atoms with Gasteiger partial charge in [-0.1, -0.05) is 0 Å². The van der Waals surface area contributed by atoms with Gasteiger partial charge in [-0.15, -0.1) is 0 Å². The van der Waals surface area contributed by atoms with Crippen LogP contribution in [0.15, 0.2) is 6.07 Å². The van der Waals surface area contributed by atoms with Crippen molar-refractivity contribution in [3.05, 3.63) is 29.1 Å². The van der Waals surface area contributed by atoms with Crippen LogP contribution in [0.1, 0.15) is 59.3 Å². The van der Waals surface area contributed by atoms with Gasteiger partial charge in [0, 0.05) is 0 Å². The number of hydrogen-bond donors (Lipinski definition) is 0. The van der Waals surface area contributed by atoms with Crippen molar-refractivity contribution in [2.24, 2.45) is 0 Å². The van der Waals surface area contributed by atoms with Gasteiger partial charge >= 0.3 is 156 Å². The Kier molecular flexibility index (Phi) is 9.78. The molecule has 0 fully saturated rings. The van der Waals surface area contributed by atoms with E-state index in [1.165, 1.54) is 13.2 Å². The minimum absolute atomic E-state index is 0.0983. The van der Waals surface area contributed by atoms with Crippen LogP contribution in [0, 0.1) is 18.2 Å². The Morgan fingerprint density at radius 1 is 0.960 bits per heavy atom. The van der Waals surface area contributed by atoms with Gasteiger partial charge in [-0.3, -0.25) is 0 Å². The monoisotopic (exact) mass is 459 g/mol. The summed E-state index contributed by atoms with van der Waals surface area (Å²) in [7, 11) is 1.28. The van der Waals surface area contributed by atoms with E-state index in [-0.39, 0.29) is 11.4 Å². The first-order valence-electron chi connectivity index (χ1n) is 9.45. The molecule has 25 heavy (non-hydrogen) atoms. The third-order valence-electron chi connectivity index (χ3n) is 5.06. The Hall–Kier alpha value is -0.831. The van der Waals surface area contributed by atoms with Crippen LogP contribution in [-0.4, -0.2) is 25.5 Å². The number of benzene rings is 1. The second kappa shape index (κ2) is 11.0. The van der Waals surface area contributed by atoms with Crippen LogP contribution in [-0.2, 0) is 0 Å². The zero-order chi connectivity index (χ0) is 18.9. The summed E-state index contributed by atoms with van der Waals surface area (Å²) in [6, 6.07) is 1.53. The standard InChI is InChI=1S/C8H4F2NO.3C4H9.Sn/c1-11-6-4-3-5(9)8(12-2)7(6)10;3*1-3-4-2;/h4H,2H3;3*1,3-4H2,2H3;. The van der Waals surface area contributed by atoms with Crippen LogP contribution >= 0.6 is 0 Å². The molecular formula is C20H31F2NOSn. The molecule has 140 valence electrons. The number of hydrogen-bond acceptors (Lipinski definition) is 1. The van der Waals surface area contributed by atoms with E-state index in [1.807, 2.05) is 0 Å². The van der Waals surface area contributed by atoms with Gasteiger partial charge in [0.15, 0.2) is 0 Å². The summed E-state index contributed by atoms with van der Waals surface area (Å²) in [6.45, 7) is 13.7. The van der Waals surface area contributed by atoms with E-state index < -0.39 is 30.0 Å². The minimum atomic E-state index is -3.09. The summed E-state index contributed by atoms with van der Waals surface area (Å²) >= 11 is -3.09. The van der Waals surface area contributed by atoms with Crippen molar-refractivity contribution in [1.29, 1.82) is 0 Å². The van der Waals surface area contributed by atoms with E-state index in [0.717, 1.165) is 51.8 Å². The van der Waals surface area contributed by atoms with E-state index in [1.54, 1.807) is 0 Å². The Labute approximate surface area is 155 Å². The molecule has 0 amide bonds. The van der Waals surface area contributed by atoms with Gasteiger partial charge in [-0.05, 0) is 0 Å². The Morgan fingerprint density at radius 2 is 1.44 bits per heavy atom. The maximum absolute atomic E-state index is 15.2. The fourth-order valence-corrected chi connectivity index (χ4v) is 19.8. The Bertz CT molecular complexity index is 577. The Morgan fingerprint density at radius 3 is 1.80 bits per heavy atom. The van der Waals surface area contributed by atoms with Gasteiger partial charge in [0.2, 0.25) is 0 Å². The van der Waals surface area contributed by atoms with Crippen molar-refractivity contribution >= 4 is 27.6 Å². The van der Waals surface area contributed by atoms with Gasteiger partial charge in [0.05, 0.1) is 0 Å². The molecule has 5 heteroatoms. The SMILES string of the molecule is [C-]#[N+]c1c[c]([Sn]([CH2]CCC)([CH2]CCC)[CH2]CCC)c(F)c(OC)c1F. The summed E-state index contributed by atoms with van der Waals surface area (Å²) in [5.74, 6) is -1.76. The molecule has 0 N–H and O–H groups in total. The molecule has 1 rings (SSSR count). The average Bonchev–Trinajstić information content (AvgIpc) is 2.62. The third-order valence-corrected chi connectivity index (χ3v) is 20.6. The van der Waals surface area contributed by atoms with Gasteiger partial charge in [-0.25, -0.2) is 0 Å². The van der Waals surface area contributed by atoms with Gasteiger partial charge in [0.1, 0.15) is 0 Å². The first-order valence-corrected chi connectivity index (χ1v) is 16.9. The topological polar surface area (TPSA) is 13.6 Å². The predicted octanol–water partition coefficient (Wildman–Crippen LogP) is 6.58. The van der Waals surface area contributed by atoms with Crippen molar-refractivity contribution in [3.8, 4) is 5.75 Å². The van der Waals surface area contributed by atoms with Crippen LogP contribution < -0.4 is 8.32 Å². The first kappa shape index (κ1) is 22.2. The third kappa shape index (κ3) is 5.32. The number of unbranched alkanes of at least 4 members (excludes halogenated alkanes) is 3. The quantitative estimate of drug-likeness (QED) is 0.270. The molecule has 1 aromatic carbocycles. The van der Waals surface area contributed by atoms with Gasteiger partial charge in [0.25, 0.3) is 0 Å². The zero-order valence-electron chi connectivity index (χ0n) is 16.1. The second-order valence-electron chi connectivity index (χ2n) is 6.81. The van der Waals surface area contributed by atoms with Crippen molar-refractivity contribution in [3.63, 3.8) is 0 Å². The molecule has 0 saturated heterocycles. The number of methoxy groups -OCH3 is 1. The van der Waals surface area contributed by atoms with Gasteiger partial charge in [-0.2, -0.15) is 0 Å². The molecule has 0 aromatic heterocycles. The van der Waals surface area contributed by atoms with E-state index in [0.29, 0.717) is 3.58 Å². The molecule has 0 aliphatic rings. The summed E-state index contributed by atoms with van der Waals surface area (Å²) in [5.41, 5.74) is -0.0983. The van der Waals surface area contributed by atoms with Crippen LogP contribution in [0.2, 0.25) is 13.3 Å². The second-order valence-corrected chi connectivity index (χ2v) is 19.9. The van der Waals surface area contributed by atoms with Crippen molar-refractivity contribution in [2.45, 2.75) is 72.6 Å². The zero-order valence-corrected chi connectivity index (χ0v) is 18.9. The fourth-order valence-electron chi connectivity index (χ4n) is 3.57. The van der Waals surface area contributed by atoms with Crippen LogP contribution in [0.4, 0.5) is 14.5 Å². The number of halogens is 2. The van der Waals surface area contributed by atoms with Gasteiger partial charge < -0.3 is 0 Å². The summed E-state index contributed by atoms with van der Waals surface area (Å²) in [5, 5.41) is 0. The first-order chi connectivity index (χ1) is 12.0. The molecule has 0 saturated carbocycles. The molecule has 0 atom stereocenters. The van der Waals surface area contributed by atoms with Crippen molar-refractivity contribution < 1.29 is 13.5 Å². The molecule has 0 spiro atoms. The predicted molar refractivity (Wildman–Crippen MR) is 104 cm³/mol. The Balaban J connectivity index is 3.57. The van der Waals surface area contributed by atoms with E-state index in [2.05, 4.69) is 25.6 Å². The van der Waals surface area contributed by atoms with Crippen molar-refractivity contribution in [2.75, 3.05) is 7.11 Å². The van der Waals surface area contributed by atoms with Crippen molar-refractivity contribution in [1.82, 2.24) is 0 Å². The molecule has 0 heterocycles. The maximum atomic E-state index is 15.2. The fraction of sp³-hybridized carbons (Fsp3) is 0.650.